The second-order valence-corrected chi connectivity index (χ2v) is 5.62. The standard InChI is InChI=1S/C18H18N6O.2H2/c1-2-5-14(6-3-1)25-12-4-7-15-22-16-17(23-15)20-13-21-18(16)24-10-8-19-9-11-24;;/h1-3,5-6,13,19H,8-12H2,(H,20,21,22,23);2*1H. The van der Waals surface area contributed by atoms with Crippen molar-refractivity contribution in [1.29, 1.82) is 0 Å². The van der Waals surface area contributed by atoms with Crippen LogP contribution < -0.4 is 15.0 Å². The maximum Gasteiger partial charge on any atom is 0.185 e. The van der Waals surface area contributed by atoms with Crippen LogP contribution in [0.1, 0.15) is 8.68 Å². The molecule has 3 heterocycles. The van der Waals surface area contributed by atoms with Crippen LogP contribution in [0.25, 0.3) is 11.2 Å². The average Bonchev–Trinajstić information content (AvgIpc) is 3.10. The van der Waals surface area contributed by atoms with Crippen LogP contribution in [0.2, 0.25) is 0 Å². The fraction of sp³-hybridized carbons (Fsp3) is 0.278. The van der Waals surface area contributed by atoms with Crippen LogP contribution in [0.4, 0.5) is 5.82 Å². The molecule has 7 nitrogen and oxygen atoms in total. The topological polar surface area (TPSA) is 79.0 Å². The Balaban J connectivity index is 0.00000131. The number of rotatable bonds is 3. The molecule has 0 bridgehead atoms. The third kappa shape index (κ3) is 3.54. The Hall–Kier alpha value is -3.11. The molecule has 25 heavy (non-hydrogen) atoms. The van der Waals surface area contributed by atoms with Gasteiger partial charge in [-0.05, 0) is 18.1 Å². The summed E-state index contributed by atoms with van der Waals surface area (Å²) in [6.07, 6.45) is 1.55. The summed E-state index contributed by atoms with van der Waals surface area (Å²) in [5.74, 6) is 8.22. The number of aromatic nitrogens is 4. The van der Waals surface area contributed by atoms with E-state index < -0.39 is 0 Å². The van der Waals surface area contributed by atoms with Gasteiger partial charge >= 0.3 is 0 Å². The lowest BCUT2D eigenvalue weighted by Crippen LogP contribution is -2.44. The number of para-hydroxylation sites is 1. The third-order valence-electron chi connectivity index (χ3n) is 3.95. The Labute approximate surface area is 148 Å². The van der Waals surface area contributed by atoms with Gasteiger partial charge in [-0.25, -0.2) is 15.0 Å². The van der Waals surface area contributed by atoms with Crippen molar-refractivity contribution in [1.82, 2.24) is 25.3 Å². The number of H-pyrrole nitrogens is 1. The Bertz CT molecular complexity index is 916. The molecule has 1 aliphatic heterocycles. The van der Waals surface area contributed by atoms with Gasteiger partial charge in [0.2, 0.25) is 0 Å². The first-order valence-corrected chi connectivity index (χ1v) is 8.23. The molecule has 0 spiro atoms. The Morgan fingerprint density at radius 1 is 1.16 bits per heavy atom. The van der Waals surface area contributed by atoms with E-state index in [0.717, 1.165) is 43.3 Å². The molecule has 0 unspecified atom stereocenters. The molecule has 1 aliphatic rings. The first-order valence-electron chi connectivity index (χ1n) is 8.23. The zero-order valence-electron chi connectivity index (χ0n) is 13.7. The first kappa shape index (κ1) is 15.4. The summed E-state index contributed by atoms with van der Waals surface area (Å²) in [6.45, 7) is 4.03. The summed E-state index contributed by atoms with van der Waals surface area (Å²) in [5, 5.41) is 3.34. The van der Waals surface area contributed by atoms with E-state index in [1.807, 2.05) is 30.3 Å². The predicted molar refractivity (Wildman–Crippen MR) is 99.8 cm³/mol. The summed E-state index contributed by atoms with van der Waals surface area (Å²) in [6, 6.07) is 9.61. The van der Waals surface area contributed by atoms with E-state index in [2.05, 4.69) is 42.0 Å². The summed E-state index contributed by atoms with van der Waals surface area (Å²) >= 11 is 0. The van der Waals surface area contributed by atoms with Gasteiger partial charge in [-0.2, -0.15) is 0 Å². The average molecular weight is 338 g/mol. The highest BCUT2D eigenvalue weighted by molar-refractivity contribution is 5.83. The molecular formula is C18H22N6O. The van der Waals surface area contributed by atoms with Crippen molar-refractivity contribution in [2.75, 3.05) is 37.7 Å². The van der Waals surface area contributed by atoms with Crippen molar-refractivity contribution in [3.05, 3.63) is 42.5 Å². The van der Waals surface area contributed by atoms with Crippen molar-refractivity contribution in [2.24, 2.45) is 0 Å². The van der Waals surface area contributed by atoms with Crippen molar-refractivity contribution in [3.8, 4) is 17.6 Å². The molecule has 2 aromatic heterocycles. The number of nitrogens with zero attached hydrogens (tertiary/aromatic N) is 4. The Morgan fingerprint density at radius 2 is 2.00 bits per heavy atom. The molecule has 1 fully saturated rings. The maximum atomic E-state index is 5.56. The van der Waals surface area contributed by atoms with Gasteiger partial charge in [0, 0.05) is 29.0 Å². The van der Waals surface area contributed by atoms with Crippen molar-refractivity contribution in [2.45, 2.75) is 0 Å². The largest absolute Gasteiger partial charge is 0.481 e. The van der Waals surface area contributed by atoms with E-state index in [9.17, 15) is 0 Å². The van der Waals surface area contributed by atoms with Gasteiger partial charge in [-0.15, -0.1) is 0 Å². The highest BCUT2D eigenvalue weighted by Crippen LogP contribution is 2.20. The number of anilines is 1. The quantitative estimate of drug-likeness (QED) is 0.708. The van der Waals surface area contributed by atoms with Crippen molar-refractivity contribution < 1.29 is 7.59 Å². The second kappa shape index (κ2) is 7.20. The van der Waals surface area contributed by atoms with Crippen LogP contribution in [0, 0.1) is 11.8 Å². The van der Waals surface area contributed by atoms with E-state index >= 15 is 0 Å². The van der Waals surface area contributed by atoms with E-state index in [0.29, 0.717) is 18.1 Å². The van der Waals surface area contributed by atoms with Crippen LogP contribution >= 0.6 is 0 Å². The third-order valence-corrected chi connectivity index (χ3v) is 3.95. The molecule has 130 valence electrons. The molecule has 3 aromatic rings. The fourth-order valence-corrected chi connectivity index (χ4v) is 2.75. The number of nitrogens with one attached hydrogen (secondary N) is 2. The predicted octanol–water partition coefficient (Wildman–Crippen LogP) is 1.68. The molecule has 0 radical (unpaired) electrons. The monoisotopic (exact) mass is 338 g/mol. The van der Waals surface area contributed by atoms with Gasteiger partial charge in [0.25, 0.3) is 0 Å². The molecule has 7 heteroatoms. The smallest absolute Gasteiger partial charge is 0.185 e. The normalized spacial score (nSPS) is 14.2. The van der Waals surface area contributed by atoms with Gasteiger partial charge in [0.15, 0.2) is 17.3 Å². The first-order chi connectivity index (χ1) is 12.4. The molecule has 0 amide bonds. The van der Waals surface area contributed by atoms with E-state index in [4.69, 9.17) is 4.74 Å². The van der Waals surface area contributed by atoms with E-state index in [-0.39, 0.29) is 2.85 Å². The van der Waals surface area contributed by atoms with Crippen LogP contribution in [-0.4, -0.2) is 52.7 Å². The Morgan fingerprint density at radius 3 is 2.84 bits per heavy atom. The molecule has 4 rings (SSSR count). The molecule has 1 saturated heterocycles. The number of piperazine rings is 1. The number of fused-ring (bicyclic) bond motifs is 1. The minimum atomic E-state index is 0. The molecular weight excluding hydrogens is 316 g/mol. The minimum absolute atomic E-state index is 0. The maximum absolute atomic E-state index is 5.56. The zero-order valence-corrected chi connectivity index (χ0v) is 13.7. The number of ether oxygens (including phenoxy) is 1. The number of aromatic amines is 1. The number of hydrogen-bond acceptors (Lipinski definition) is 6. The lowest BCUT2D eigenvalue weighted by molar-refractivity contribution is 0.370. The van der Waals surface area contributed by atoms with Crippen LogP contribution in [0.5, 0.6) is 5.75 Å². The number of hydrogen-bond donors (Lipinski definition) is 2. The van der Waals surface area contributed by atoms with E-state index in [1.165, 1.54) is 0 Å². The van der Waals surface area contributed by atoms with E-state index in [1.54, 1.807) is 6.33 Å². The van der Waals surface area contributed by atoms with Crippen LogP contribution in [0.15, 0.2) is 36.7 Å². The molecule has 0 atom stereocenters. The summed E-state index contributed by atoms with van der Waals surface area (Å²) < 4.78 is 5.56. The van der Waals surface area contributed by atoms with Gasteiger partial charge in [-0.3, -0.25) is 0 Å². The van der Waals surface area contributed by atoms with Gasteiger partial charge in [0.1, 0.15) is 24.2 Å². The van der Waals surface area contributed by atoms with Gasteiger partial charge in [-0.1, -0.05) is 24.1 Å². The van der Waals surface area contributed by atoms with Crippen molar-refractivity contribution in [3.63, 3.8) is 0 Å². The lowest BCUT2D eigenvalue weighted by Gasteiger charge is -2.28. The molecule has 0 saturated carbocycles. The molecule has 0 aliphatic carbocycles. The highest BCUT2D eigenvalue weighted by Gasteiger charge is 2.17. The fourth-order valence-electron chi connectivity index (χ4n) is 2.75. The van der Waals surface area contributed by atoms with Crippen molar-refractivity contribution >= 4 is 17.0 Å². The second-order valence-electron chi connectivity index (χ2n) is 5.62. The summed E-state index contributed by atoms with van der Waals surface area (Å²) in [4.78, 5) is 18.6. The minimum Gasteiger partial charge on any atom is -0.481 e. The van der Waals surface area contributed by atoms with Gasteiger partial charge < -0.3 is 19.9 Å². The van der Waals surface area contributed by atoms with Crippen LogP contribution in [-0.2, 0) is 0 Å². The Kier molecular flexibility index (Phi) is 4.44. The van der Waals surface area contributed by atoms with Crippen LogP contribution in [0.3, 0.4) is 0 Å². The number of imidazole rings is 1. The zero-order chi connectivity index (χ0) is 16.9. The lowest BCUT2D eigenvalue weighted by atomic mass is 10.3. The van der Waals surface area contributed by atoms with Gasteiger partial charge in [0.05, 0.1) is 0 Å². The molecule has 1 aromatic carbocycles. The summed E-state index contributed by atoms with van der Waals surface area (Å²) in [7, 11) is 0. The SMILES string of the molecule is C(#Cc1nc2ncnc(N3CCNCC3)c2[nH]1)COc1ccccc1.[HH].[HH]. The summed E-state index contributed by atoms with van der Waals surface area (Å²) in [5.41, 5.74) is 1.47. The highest BCUT2D eigenvalue weighted by atomic mass is 16.5. The molecule has 2 N–H and O–H groups in total. The number of benzene rings is 1.